The zero-order valence-corrected chi connectivity index (χ0v) is 28.0. The molecule has 0 rings (SSSR count). The highest BCUT2D eigenvalue weighted by atomic mass is 16.4. The molecule has 0 saturated carbocycles. The monoisotopic (exact) mass is 656 g/mol. The van der Waals surface area contributed by atoms with Gasteiger partial charge in [-0.2, -0.15) is 0 Å². The third-order valence-electron chi connectivity index (χ3n) is 3.37. The normalized spacial score (nSPS) is 4.43. The van der Waals surface area contributed by atoms with Crippen molar-refractivity contribution in [3.63, 3.8) is 0 Å². The van der Waals surface area contributed by atoms with Gasteiger partial charge in [-0.3, -0.25) is 0 Å². The molecule has 53 heavy (non-hydrogen) atoms. The highest BCUT2D eigenvalue weighted by Gasteiger charge is 2.00. The van der Waals surface area contributed by atoms with Crippen molar-refractivity contribution in [2.75, 3.05) is 0 Å². The lowest BCUT2D eigenvalue weighted by Gasteiger charge is -1.87. The SMILES string of the molecule is C#CC#CC#CC#CC#CC#CC#CC#CC#CC#CC#CC#CC#CC#CC#CC#CC#CC#CC#CC#CC#CC#CC#CC.CCCB(O)O. The van der Waals surface area contributed by atoms with Gasteiger partial charge in [-0.05, 0) is 108 Å². The first-order chi connectivity index (χ1) is 26.2. The molecule has 0 spiro atoms. The molecule has 0 atom stereocenters. The lowest BCUT2D eigenvalue weighted by Crippen LogP contribution is -2.08. The zero-order valence-electron chi connectivity index (χ0n) is 28.0. The summed E-state index contributed by atoms with van der Waals surface area (Å²) in [5.41, 5.74) is 0. The smallest absolute Gasteiger partial charge is 0.427 e. The molecule has 0 aliphatic heterocycles. The first-order valence-corrected chi connectivity index (χ1v) is 13.9. The Morgan fingerprint density at radius 1 is 0.302 bits per heavy atom. The number of hydrogen-bond donors (Lipinski definition) is 2. The van der Waals surface area contributed by atoms with Gasteiger partial charge in [0.05, 0.1) is 0 Å². The van der Waals surface area contributed by atoms with Gasteiger partial charge < -0.3 is 10.0 Å². The Kier molecular flexibility index (Phi) is 37.3. The van der Waals surface area contributed by atoms with Gasteiger partial charge in [0.15, 0.2) is 0 Å². The van der Waals surface area contributed by atoms with E-state index < -0.39 is 7.12 Å². The molecule has 0 unspecified atom stereocenters. The quantitative estimate of drug-likeness (QED) is 0.338. The van der Waals surface area contributed by atoms with Crippen molar-refractivity contribution in [2.24, 2.45) is 0 Å². The second-order valence-corrected chi connectivity index (χ2v) is 7.04. The highest BCUT2D eigenvalue weighted by Crippen LogP contribution is 1.86. The fourth-order valence-electron chi connectivity index (χ4n) is 1.64. The van der Waals surface area contributed by atoms with Gasteiger partial charge in [0, 0.05) is 166 Å². The van der Waals surface area contributed by atoms with Crippen LogP contribution in [0.4, 0.5) is 0 Å². The molecule has 0 radical (unpaired) electrons. The molecule has 0 fully saturated rings. The standard InChI is InChI=1S/C47H4.C3H9BO2/c1-3-5-7-9-11-13-15-17-19-21-23-25-27-29-31-33-35-37-39-41-43-45-47-46-44-42-40-38-36-34-32-30-28-26-24-22-20-18-16-14-12-10-8-6-4-2;1-2-3-4(5)6/h1H,2H3;5-6H,2-3H2,1H3. The summed E-state index contributed by atoms with van der Waals surface area (Å²) in [6.45, 7) is 3.59. The molecule has 0 heterocycles. The van der Waals surface area contributed by atoms with E-state index in [1.54, 1.807) is 6.92 Å². The Morgan fingerprint density at radius 3 is 0.547 bits per heavy atom. The Hall–Kier alpha value is -10.1. The van der Waals surface area contributed by atoms with Crippen molar-refractivity contribution in [1.82, 2.24) is 0 Å². The van der Waals surface area contributed by atoms with E-state index in [9.17, 15) is 0 Å². The minimum absolute atomic E-state index is 0.486. The Morgan fingerprint density at radius 2 is 0.453 bits per heavy atom. The van der Waals surface area contributed by atoms with Crippen molar-refractivity contribution < 1.29 is 10.0 Å². The largest absolute Gasteiger partial charge is 0.451 e. The molecule has 0 bridgehead atoms. The van der Waals surface area contributed by atoms with Crippen LogP contribution in [-0.4, -0.2) is 17.2 Å². The first-order valence-electron chi connectivity index (χ1n) is 13.9. The van der Waals surface area contributed by atoms with Gasteiger partial charge in [0.2, 0.25) is 0 Å². The molecule has 0 aromatic heterocycles. The maximum atomic E-state index is 8.11. The Bertz CT molecular complexity index is 2920. The molecule has 2 nitrogen and oxygen atoms in total. The van der Waals surface area contributed by atoms with E-state index in [2.05, 4.69) is 266 Å². The molecule has 0 aromatic rings. The van der Waals surface area contributed by atoms with Gasteiger partial charge in [0.25, 0.3) is 0 Å². The van der Waals surface area contributed by atoms with E-state index in [0.29, 0.717) is 6.32 Å². The molecule has 0 amide bonds. The lowest BCUT2D eigenvalue weighted by molar-refractivity contribution is 0.404. The summed E-state index contributed by atoms with van der Waals surface area (Å²) in [5.74, 6) is 112. The number of rotatable bonds is 2. The van der Waals surface area contributed by atoms with Crippen LogP contribution in [0.2, 0.25) is 6.32 Å². The van der Waals surface area contributed by atoms with Crippen molar-refractivity contribution in [1.29, 1.82) is 0 Å². The van der Waals surface area contributed by atoms with Crippen molar-refractivity contribution in [3.8, 4) is 273 Å². The van der Waals surface area contributed by atoms with Crippen LogP contribution in [0.3, 0.4) is 0 Å². The summed E-state index contributed by atoms with van der Waals surface area (Å²) >= 11 is 0. The third-order valence-corrected chi connectivity index (χ3v) is 3.37. The predicted molar refractivity (Wildman–Crippen MR) is 211 cm³/mol. The van der Waals surface area contributed by atoms with Crippen LogP contribution in [0.15, 0.2) is 0 Å². The second-order valence-electron chi connectivity index (χ2n) is 7.04. The van der Waals surface area contributed by atoms with Crippen molar-refractivity contribution in [3.05, 3.63) is 0 Å². The molecule has 0 aliphatic rings. The van der Waals surface area contributed by atoms with Crippen LogP contribution in [0.1, 0.15) is 20.3 Å². The summed E-state index contributed by atoms with van der Waals surface area (Å²) in [5, 5.41) is 16.2. The topological polar surface area (TPSA) is 40.5 Å². The third kappa shape index (κ3) is 49.0. The summed E-state index contributed by atoms with van der Waals surface area (Å²) in [6, 6.07) is 0. The van der Waals surface area contributed by atoms with E-state index in [-0.39, 0.29) is 0 Å². The second kappa shape index (κ2) is 44.0. The molecule has 228 valence electrons. The molecule has 0 saturated heterocycles. The number of terminal acetylenes is 1. The van der Waals surface area contributed by atoms with Gasteiger partial charge in [-0.1, -0.05) is 19.3 Å². The van der Waals surface area contributed by atoms with Crippen LogP contribution in [-0.2, 0) is 0 Å². The fourth-order valence-corrected chi connectivity index (χ4v) is 1.64. The molecule has 3 heteroatoms. The van der Waals surface area contributed by atoms with Crippen LogP contribution >= 0.6 is 0 Å². The van der Waals surface area contributed by atoms with E-state index >= 15 is 0 Å². The average Bonchev–Trinajstić information content (AvgIpc) is 3.15. The lowest BCUT2D eigenvalue weighted by atomic mass is 9.85. The van der Waals surface area contributed by atoms with Gasteiger partial charge in [-0.25, -0.2) is 0 Å². The summed E-state index contributed by atoms with van der Waals surface area (Å²) in [6.07, 6.45) is 6.25. The van der Waals surface area contributed by atoms with E-state index in [0.717, 1.165) is 6.42 Å². The van der Waals surface area contributed by atoms with Crippen molar-refractivity contribution in [2.45, 2.75) is 26.6 Å². The van der Waals surface area contributed by atoms with Gasteiger partial charge in [0.1, 0.15) is 0 Å². The van der Waals surface area contributed by atoms with Gasteiger partial charge in [-0.15, -0.1) is 6.42 Å². The summed E-state index contributed by atoms with van der Waals surface area (Å²) < 4.78 is 0. The fraction of sp³-hybridized carbons (Fsp3) is 0.0800. The first kappa shape index (κ1) is 45.0. The maximum Gasteiger partial charge on any atom is 0.451 e. The predicted octanol–water partition coefficient (Wildman–Crippen LogP) is 0.583. The van der Waals surface area contributed by atoms with Crippen LogP contribution in [0.5, 0.6) is 0 Å². The van der Waals surface area contributed by atoms with E-state index in [1.807, 2.05) is 6.92 Å². The zero-order chi connectivity index (χ0) is 38.8. The maximum absolute atomic E-state index is 8.11. The highest BCUT2D eigenvalue weighted by molar-refractivity contribution is 6.40. The number of hydrogen-bond acceptors (Lipinski definition) is 2. The Balaban J connectivity index is 0. The molecule has 0 aromatic carbocycles. The minimum Gasteiger partial charge on any atom is -0.427 e. The molecule has 2 N–H and O–H groups in total. The average molecular weight is 656 g/mol. The minimum atomic E-state index is -1.10. The van der Waals surface area contributed by atoms with Crippen molar-refractivity contribution >= 4 is 7.12 Å². The van der Waals surface area contributed by atoms with E-state index in [4.69, 9.17) is 16.5 Å². The van der Waals surface area contributed by atoms with E-state index in [1.165, 1.54) is 0 Å². The molecule has 0 aliphatic carbocycles. The molecular weight excluding hydrogens is 643 g/mol. The van der Waals surface area contributed by atoms with Gasteiger partial charge >= 0.3 is 7.12 Å². The Labute approximate surface area is 315 Å². The van der Waals surface area contributed by atoms with Crippen LogP contribution in [0.25, 0.3) is 0 Å². The van der Waals surface area contributed by atoms with Crippen LogP contribution in [0, 0.1) is 273 Å². The van der Waals surface area contributed by atoms with Crippen LogP contribution < -0.4 is 0 Å². The summed E-state index contributed by atoms with van der Waals surface area (Å²) in [4.78, 5) is 0. The molecular formula is C50H13BO2. The summed E-state index contributed by atoms with van der Waals surface area (Å²) in [7, 11) is -1.10.